The maximum atomic E-state index is 12.4. The summed E-state index contributed by atoms with van der Waals surface area (Å²) in [7, 11) is -3.52. The number of nitro groups is 1. The highest BCUT2D eigenvalue weighted by molar-refractivity contribution is 8.00. The van der Waals surface area contributed by atoms with Crippen LogP contribution in [0.1, 0.15) is 12.0 Å². The van der Waals surface area contributed by atoms with Gasteiger partial charge in [0, 0.05) is 29.7 Å². The molecule has 1 aliphatic rings. The average molecular weight is 447 g/mol. The van der Waals surface area contributed by atoms with E-state index in [0.717, 1.165) is 6.26 Å². The molecule has 1 heterocycles. The van der Waals surface area contributed by atoms with E-state index < -0.39 is 33.1 Å². The van der Waals surface area contributed by atoms with Gasteiger partial charge < -0.3 is 10.5 Å². The van der Waals surface area contributed by atoms with Crippen molar-refractivity contribution in [2.24, 2.45) is 5.73 Å². The molecule has 1 fully saturated rings. The molecule has 13 heteroatoms. The van der Waals surface area contributed by atoms with Gasteiger partial charge in [-0.2, -0.15) is 20.2 Å². The fourth-order valence-electron chi connectivity index (χ4n) is 2.73. The highest BCUT2D eigenvalue weighted by Gasteiger charge is 2.39. The molecule has 2 amide bonds. The molecular weight excluding hydrogens is 426 g/mol. The quantitative estimate of drug-likeness (QED) is 0.251. The molecule has 160 valence electrons. The first-order valence-electron chi connectivity index (χ1n) is 8.49. The Hall–Kier alpha value is -2.38. The van der Waals surface area contributed by atoms with Crippen molar-refractivity contribution < 1.29 is 31.9 Å². The molecule has 2 N–H and O–H groups in total. The van der Waals surface area contributed by atoms with Gasteiger partial charge in [0.15, 0.2) is 0 Å². The second kappa shape index (κ2) is 9.89. The van der Waals surface area contributed by atoms with Gasteiger partial charge in [0.05, 0.1) is 17.8 Å². The molecule has 0 aliphatic carbocycles. The Labute approximate surface area is 171 Å². The van der Waals surface area contributed by atoms with Crippen LogP contribution in [0.3, 0.4) is 0 Å². The van der Waals surface area contributed by atoms with Gasteiger partial charge in [0.1, 0.15) is 12.6 Å². The topological polar surface area (TPSA) is 159 Å². The summed E-state index contributed by atoms with van der Waals surface area (Å²) in [6.07, 6.45) is 0.563. The van der Waals surface area contributed by atoms with E-state index in [0.29, 0.717) is 17.7 Å². The minimum Gasteiger partial charge on any atom is -0.445 e. The van der Waals surface area contributed by atoms with E-state index in [4.69, 9.17) is 10.5 Å². The molecule has 29 heavy (non-hydrogen) atoms. The average Bonchev–Trinajstić information content (AvgIpc) is 3.07. The van der Waals surface area contributed by atoms with Crippen LogP contribution >= 0.6 is 11.8 Å². The second-order valence-corrected chi connectivity index (χ2v) is 9.36. The smallest absolute Gasteiger partial charge is 0.410 e. The molecule has 1 aliphatic heterocycles. The molecule has 1 aromatic carbocycles. The highest BCUT2D eigenvalue weighted by atomic mass is 32.2. The van der Waals surface area contributed by atoms with E-state index in [9.17, 15) is 28.1 Å². The minimum absolute atomic E-state index is 0.00811. The summed E-state index contributed by atoms with van der Waals surface area (Å²) in [4.78, 5) is 35.4. The molecule has 1 saturated heterocycles. The van der Waals surface area contributed by atoms with Crippen molar-refractivity contribution in [1.82, 2.24) is 4.90 Å². The highest BCUT2D eigenvalue weighted by Crippen LogP contribution is 2.28. The molecule has 11 nitrogen and oxygen atoms in total. The number of benzene rings is 1. The molecule has 0 bridgehead atoms. The van der Waals surface area contributed by atoms with Crippen LogP contribution in [0.15, 0.2) is 24.3 Å². The molecule has 0 radical (unpaired) electrons. The van der Waals surface area contributed by atoms with Gasteiger partial charge >= 0.3 is 6.09 Å². The number of amides is 2. The molecule has 0 aromatic heterocycles. The summed E-state index contributed by atoms with van der Waals surface area (Å²) in [5.41, 5.74) is 5.87. The summed E-state index contributed by atoms with van der Waals surface area (Å²) in [6, 6.07) is 4.73. The number of carbonyl (C=O) groups excluding carboxylic acids is 2. The number of likely N-dealkylation sites (tertiary alicyclic amines) is 1. The van der Waals surface area contributed by atoms with E-state index in [-0.39, 0.29) is 30.7 Å². The number of hydrogen-bond acceptors (Lipinski definition) is 9. The third-order valence-electron chi connectivity index (χ3n) is 4.07. The number of nitrogens with zero attached hydrogens (tertiary/aromatic N) is 2. The first kappa shape index (κ1) is 22.9. The summed E-state index contributed by atoms with van der Waals surface area (Å²) in [5, 5.41) is 10.5. The maximum absolute atomic E-state index is 12.4. The lowest BCUT2D eigenvalue weighted by molar-refractivity contribution is -0.384. The van der Waals surface area contributed by atoms with Gasteiger partial charge in [-0.15, -0.1) is 0 Å². The van der Waals surface area contributed by atoms with Crippen LogP contribution in [0.4, 0.5) is 10.5 Å². The van der Waals surface area contributed by atoms with E-state index in [1.165, 1.54) is 40.9 Å². The Bertz CT molecular complexity index is 859. The van der Waals surface area contributed by atoms with Crippen LogP contribution in [-0.2, 0) is 30.4 Å². The van der Waals surface area contributed by atoms with Gasteiger partial charge in [-0.1, -0.05) is 0 Å². The van der Waals surface area contributed by atoms with Gasteiger partial charge in [0.2, 0.25) is 5.91 Å². The molecule has 2 atom stereocenters. The third-order valence-corrected chi connectivity index (χ3v) is 5.88. The number of carbonyl (C=O) groups is 2. The van der Waals surface area contributed by atoms with E-state index in [1.54, 1.807) is 0 Å². The van der Waals surface area contributed by atoms with Crippen molar-refractivity contribution in [1.29, 1.82) is 0 Å². The van der Waals surface area contributed by atoms with E-state index in [2.05, 4.69) is 4.18 Å². The SMILES string of the molecule is CS(=O)(=O)OCCS[C@H]1C[C@@H](C(N)=O)N(C(=O)OCc2ccc([N+](=O)[O-])cc2)C1. The molecular formula is C16H21N3O8S2. The fraction of sp³-hybridized carbons (Fsp3) is 0.500. The van der Waals surface area contributed by atoms with Crippen molar-refractivity contribution in [2.45, 2.75) is 24.3 Å². The first-order chi connectivity index (χ1) is 13.6. The molecule has 0 unspecified atom stereocenters. The normalized spacial score (nSPS) is 19.1. The van der Waals surface area contributed by atoms with Crippen LogP contribution < -0.4 is 5.73 Å². The monoisotopic (exact) mass is 447 g/mol. The predicted molar refractivity (Wildman–Crippen MR) is 105 cm³/mol. The summed E-state index contributed by atoms with van der Waals surface area (Å²) in [5.74, 6) is -0.290. The summed E-state index contributed by atoms with van der Waals surface area (Å²) < 4.78 is 31.8. The standard InChI is InChI=1S/C16H21N3O8S2/c1-29(24,25)27-6-7-28-13-8-14(15(17)20)18(9-13)16(21)26-10-11-2-4-12(5-3-11)19(22)23/h2-5,13-14H,6-10H2,1H3,(H2,17,20)/t13-,14-/m0/s1. The Balaban J connectivity index is 1.88. The Morgan fingerprint density at radius 1 is 1.34 bits per heavy atom. The van der Waals surface area contributed by atoms with E-state index >= 15 is 0 Å². The Morgan fingerprint density at radius 3 is 2.55 bits per heavy atom. The molecule has 0 spiro atoms. The van der Waals surface area contributed by atoms with Crippen LogP contribution in [0.2, 0.25) is 0 Å². The number of hydrogen-bond donors (Lipinski definition) is 1. The predicted octanol–water partition coefficient (Wildman–Crippen LogP) is 0.869. The maximum Gasteiger partial charge on any atom is 0.410 e. The van der Waals surface area contributed by atoms with Crippen molar-refractivity contribution in [3.8, 4) is 0 Å². The van der Waals surface area contributed by atoms with Crippen molar-refractivity contribution in [2.75, 3.05) is 25.2 Å². The molecule has 0 saturated carbocycles. The lowest BCUT2D eigenvalue weighted by atomic mass is 10.2. The number of nitrogens with two attached hydrogens (primary N) is 1. The lowest BCUT2D eigenvalue weighted by Gasteiger charge is -2.21. The second-order valence-electron chi connectivity index (χ2n) is 6.30. The molecule has 2 rings (SSSR count). The Morgan fingerprint density at radius 2 is 2.00 bits per heavy atom. The zero-order valence-electron chi connectivity index (χ0n) is 15.6. The zero-order chi connectivity index (χ0) is 21.6. The number of ether oxygens (including phenoxy) is 1. The third kappa shape index (κ3) is 7.18. The van der Waals surface area contributed by atoms with Crippen LogP contribution in [-0.4, -0.2) is 66.7 Å². The number of non-ortho nitro benzene ring substituents is 1. The van der Waals surface area contributed by atoms with E-state index in [1.807, 2.05) is 0 Å². The minimum atomic E-state index is -3.52. The summed E-state index contributed by atoms with van der Waals surface area (Å²) in [6.45, 7) is 0.0981. The van der Waals surface area contributed by atoms with Crippen LogP contribution in [0, 0.1) is 10.1 Å². The Kier molecular flexibility index (Phi) is 7.81. The lowest BCUT2D eigenvalue weighted by Crippen LogP contribution is -2.43. The largest absolute Gasteiger partial charge is 0.445 e. The fourth-order valence-corrected chi connectivity index (χ4v) is 4.32. The summed E-state index contributed by atoms with van der Waals surface area (Å²) >= 11 is 1.38. The van der Waals surface area contributed by atoms with Crippen LogP contribution in [0.5, 0.6) is 0 Å². The molecule has 1 aromatic rings. The zero-order valence-corrected chi connectivity index (χ0v) is 17.2. The van der Waals surface area contributed by atoms with Gasteiger partial charge in [-0.3, -0.25) is 24.0 Å². The van der Waals surface area contributed by atoms with Gasteiger partial charge in [-0.05, 0) is 24.1 Å². The number of rotatable bonds is 9. The van der Waals surface area contributed by atoms with Crippen molar-refractivity contribution in [3.05, 3.63) is 39.9 Å². The number of primary amides is 1. The van der Waals surface area contributed by atoms with Crippen LogP contribution in [0.25, 0.3) is 0 Å². The van der Waals surface area contributed by atoms with Gasteiger partial charge in [0.25, 0.3) is 15.8 Å². The number of thioether (sulfide) groups is 1. The van der Waals surface area contributed by atoms with Crippen molar-refractivity contribution in [3.63, 3.8) is 0 Å². The van der Waals surface area contributed by atoms with Crippen molar-refractivity contribution >= 4 is 39.6 Å². The first-order valence-corrected chi connectivity index (χ1v) is 11.4. The number of nitro benzene ring substituents is 1. The van der Waals surface area contributed by atoms with Gasteiger partial charge in [-0.25, -0.2) is 4.79 Å².